The quantitative estimate of drug-likeness (QED) is 0.613. The molecule has 0 radical (unpaired) electrons. The van der Waals surface area contributed by atoms with Crippen LogP contribution in [0.2, 0.25) is 0 Å². The van der Waals surface area contributed by atoms with Crippen LogP contribution in [0.25, 0.3) is 21.3 Å². The van der Waals surface area contributed by atoms with Crippen LogP contribution in [0, 0.1) is 0 Å². The molecular formula is C19H16N4OS. The Morgan fingerprint density at radius 3 is 2.88 bits per heavy atom. The van der Waals surface area contributed by atoms with E-state index in [1.54, 1.807) is 17.1 Å². The van der Waals surface area contributed by atoms with Crippen molar-refractivity contribution in [1.82, 2.24) is 20.1 Å². The van der Waals surface area contributed by atoms with Crippen LogP contribution in [0.5, 0.6) is 0 Å². The molecule has 0 unspecified atom stereocenters. The van der Waals surface area contributed by atoms with Crippen LogP contribution >= 0.6 is 11.3 Å². The van der Waals surface area contributed by atoms with E-state index in [0.29, 0.717) is 6.54 Å². The number of amides is 1. The molecule has 5 nitrogen and oxygen atoms in total. The third-order valence-corrected chi connectivity index (χ3v) is 5.13. The number of carbonyl (C=O) groups is 1. The second-order valence-corrected chi connectivity index (χ2v) is 6.80. The van der Waals surface area contributed by atoms with Crippen LogP contribution in [0.3, 0.4) is 0 Å². The minimum absolute atomic E-state index is 0.0645. The number of rotatable bonds is 4. The van der Waals surface area contributed by atoms with Crippen molar-refractivity contribution in [3.63, 3.8) is 0 Å². The minimum Gasteiger partial charge on any atom is -0.346 e. The third kappa shape index (κ3) is 3.16. The van der Waals surface area contributed by atoms with Gasteiger partial charge < -0.3 is 5.32 Å². The number of pyridine rings is 1. The summed E-state index contributed by atoms with van der Waals surface area (Å²) in [6.45, 7) is 0.427. The number of hydrogen-bond donors (Lipinski definition) is 1. The first kappa shape index (κ1) is 15.5. The van der Waals surface area contributed by atoms with Crippen molar-refractivity contribution in [1.29, 1.82) is 0 Å². The van der Waals surface area contributed by atoms with Gasteiger partial charge in [-0.3, -0.25) is 14.5 Å². The van der Waals surface area contributed by atoms with Gasteiger partial charge in [-0.2, -0.15) is 5.10 Å². The molecule has 0 atom stereocenters. The largest absolute Gasteiger partial charge is 0.346 e. The highest BCUT2D eigenvalue weighted by Gasteiger charge is 2.12. The second-order valence-electron chi connectivity index (χ2n) is 5.72. The summed E-state index contributed by atoms with van der Waals surface area (Å²) in [6, 6.07) is 15.8. The maximum Gasteiger partial charge on any atom is 0.261 e. The molecule has 0 saturated heterocycles. The number of nitrogens with one attached hydrogen (secondary N) is 1. The van der Waals surface area contributed by atoms with Crippen molar-refractivity contribution in [3.8, 4) is 11.3 Å². The third-order valence-electron chi connectivity index (χ3n) is 4.01. The first-order chi connectivity index (χ1) is 12.2. The van der Waals surface area contributed by atoms with Gasteiger partial charge in [0, 0.05) is 29.7 Å². The maximum absolute atomic E-state index is 12.4. The topological polar surface area (TPSA) is 59.8 Å². The van der Waals surface area contributed by atoms with Crippen molar-refractivity contribution in [2.75, 3.05) is 0 Å². The molecule has 0 aliphatic rings. The summed E-state index contributed by atoms with van der Waals surface area (Å²) in [5.74, 6) is -0.0645. The lowest BCUT2D eigenvalue weighted by Gasteiger charge is -2.03. The Morgan fingerprint density at radius 2 is 2.08 bits per heavy atom. The van der Waals surface area contributed by atoms with E-state index < -0.39 is 0 Å². The van der Waals surface area contributed by atoms with Crippen LogP contribution in [0.15, 0.2) is 60.9 Å². The summed E-state index contributed by atoms with van der Waals surface area (Å²) in [7, 11) is 1.88. The molecular weight excluding hydrogens is 332 g/mol. The number of aromatic nitrogens is 3. The van der Waals surface area contributed by atoms with Gasteiger partial charge in [0.1, 0.15) is 0 Å². The van der Waals surface area contributed by atoms with E-state index in [0.717, 1.165) is 31.9 Å². The lowest BCUT2D eigenvalue weighted by Crippen LogP contribution is -2.23. The van der Waals surface area contributed by atoms with E-state index in [2.05, 4.69) is 15.4 Å². The maximum atomic E-state index is 12.4. The fourth-order valence-electron chi connectivity index (χ4n) is 2.68. The molecule has 4 aromatic rings. The Labute approximate surface area is 149 Å². The molecule has 0 aliphatic carbocycles. The van der Waals surface area contributed by atoms with Crippen molar-refractivity contribution in [2.24, 2.45) is 7.05 Å². The molecule has 1 amide bonds. The number of benzene rings is 1. The molecule has 4 rings (SSSR count). The van der Waals surface area contributed by atoms with Gasteiger partial charge >= 0.3 is 0 Å². The van der Waals surface area contributed by atoms with Gasteiger partial charge in [0.2, 0.25) is 0 Å². The Balaban J connectivity index is 1.49. The van der Waals surface area contributed by atoms with Crippen LogP contribution in [-0.4, -0.2) is 20.7 Å². The fourth-order valence-corrected chi connectivity index (χ4v) is 3.66. The average molecular weight is 348 g/mol. The zero-order valence-electron chi connectivity index (χ0n) is 13.6. The Morgan fingerprint density at radius 1 is 1.20 bits per heavy atom. The monoisotopic (exact) mass is 348 g/mol. The zero-order valence-corrected chi connectivity index (χ0v) is 14.5. The minimum atomic E-state index is -0.0645. The highest BCUT2D eigenvalue weighted by molar-refractivity contribution is 7.20. The standard InChI is InChI=1S/C19H16N4OS/c1-23-15(10-16(22-23)14-6-4-8-20-11-14)12-21-19(24)18-9-13-5-2-3-7-17(13)25-18/h2-11H,12H2,1H3,(H,21,24). The zero-order chi connectivity index (χ0) is 17.2. The smallest absolute Gasteiger partial charge is 0.261 e. The number of thiophene rings is 1. The van der Waals surface area contributed by atoms with E-state index in [1.807, 2.05) is 55.6 Å². The van der Waals surface area contributed by atoms with Crippen molar-refractivity contribution in [3.05, 3.63) is 71.5 Å². The Bertz CT molecular complexity index is 1000. The summed E-state index contributed by atoms with van der Waals surface area (Å²) in [4.78, 5) is 17.3. The van der Waals surface area contributed by atoms with Crippen molar-refractivity contribution >= 4 is 27.3 Å². The molecule has 124 valence electrons. The lowest BCUT2D eigenvalue weighted by atomic mass is 10.2. The Kier molecular flexibility index (Phi) is 4.03. The summed E-state index contributed by atoms with van der Waals surface area (Å²) < 4.78 is 2.90. The van der Waals surface area contributed by atoms with Gasteiger partial charge in [0.25, 0.3) is 5.91 Å². The molecule has 1 N–H and O–H groups in total. The van der Waals surface area contributed by atoms with Gasteiger partial charge in [-0.25, -0.2) is 0 Å². The molecule has 0 fully saturated rings. The van der Waals surface area contributed by atoms with Gasteiger partial charge in [-0.1, -0.05) is 18.2 Å². The van der Waals surface area contributed by atoms with E-state index in [9.17, 15) is 4.79 Å². The fraction of sp³-hybridized carbons (Fsp3) is 0.105. The van der Waals surface area contributed by atoms with Gasteiger partial charge in [-0.05, 0) is 35.7 Å². The molecule has 3 aromatic heterocycles. The summed E-state index contributed by atoms with van der Waals surface area (Å²) in [5, 5.41) is 8.57. The number of hydrogen-bond acceptors (Lipinski definition) is 4. The lowest BCUT2D eigenvalue weighted by molar-refractivity contribution is 0.0954. The first-order valence-electron chi connectivity index (χ1n) is 7.91. The molecule has 3 heterocycles. The number of fused-ring (bicyclic) bond motifs is 1. The van der Waals surface area contributed by atoms with Crippen molar-refractivity contribution < 1.29 is 4.79 Å². The van der Waals surface area contributed by atoms with Crippen LogP contribution < -0.4 is 5.32 Å². The average Bonchev–Trinajstić information content (AvgIpc) is 3.24. The van der Waals surface area contributed by atoms with E-state index in [1.165, 1.54) is 11.3 Å². The molecule has 0 saturated carbocycles. The van der Waals surface area contributed by atoms with E-state index in [-0.39, 0.29) is 5.91 Å². The predicted molar refractivity (Wildman–Crippen MR) is 99.4 cm³/mol. The van der Waals surface area contributed by atoms with Gasteiger partial charge in [-0.15, -0.1) is 11.3 Å². The number of nitrogens with zero attached hydrogens (tertiary/aromatic N) is 3. The number of aryl methyl sites for hydroxylation is 1. The first-order valence-corrected chi connectivity index (χ1v) is 8.72. The molecule has 0 spiro atoms. The van der Waals surface area contributed by atoms with Crippen LogP contribution in [0.1, 0.15) is 15.4 Å². The molecule has 0 aliphatic heterocycles. The normalized spacial score (nSPS) is 10.9. The summed E-state index contributed by atoms with van der Waals surface area (Å²) in [6.07, 6.45) is 3.51. The Hall–Kier alpha value is -2.99. The predicted octanol–water partition coefficient (Wildman–Crippen LogP) is 3.63. The number of carbonyl (C=O) groups excluding carboxylic acids is 1. The summed E-state index contributed by atoms with van der Waals surface area (Å²) >= 11 is 1.50. The van der Waals surface area contributed by atoms with Gasteiger partial charge in [0.05, 0.1) is 22.8 Å². The molecule has 6 heteroatoms. The van der Waals surface area contributed by atoms with E-state index >= 15 is 0 Å². The van der Waals surface area contributed by atoms with Crippen LogP contribution in [-0.2, 0) is 13.6 Å². The molecule has 25 heavy (non-hydrogen) atoms. The SMILES string of the molecule is Cn1nc(-c2cccnc2)cc1CNC(=O)c1cc2ccccc2s1. The highest BCUT2D eigenvalue weighted by atomic mass is 32.1. The van der Waals surface area contributed by atoms with Crippen molar-refractivity contribution in [2.45, 2.75) is 6.54 Å². The summed E-state index contributed by atoms with van der Waals surface area (Å²) in [5.41, 5.74) is 2.75. The molecule has 0 bridgehead atoms. The van der Waals surface area contributed by atoms with E-state index in [4.69, 9.17) is 0 Å². The van der Waals surface area contributed by atoms with Crippen LogP contribution in [0.4, 0.5) is 0 Å². The molecule has 1 aromatic carbocycles. The second kappa shape index (κ2) is 6.49. The highest BCUT2D eigenvalue weighted by Crippen LogP contribution is 2.25. The van der Waals surface area contributed by atoms with Gasteiger partial charge in [0.15, 0.2) is 0 Å².